The Labute approximate surface area is 148 Å². The third-order valence-electron chi connectivity index (χ3n) is 4.49. The first-order chi connectivity index (χ1) is 12.1. The average molecular weight is 342 g/mol. The van der Waals surface area contributed by atoms with E-state index in [0.717, 1.165) is 25.7 Å². The van der Waals surface area contributed by atoms with E-state index < -0.39 is 0 Å². The number of pyridine rings is 1. The van der Waals surface area contributed by atoms with Crippen molar-refractivity contribution in [3.63, 3.8) is 0 Å². The van der Waals surface area contributed by atoms with Gasteiger partial charge in [-0.15, -0.1) is 0 Å². The number of carbonyl (C=O) groups excluding carboxylic acids is 1. The second-order valence-electron chi connectivity index (χ2n) is 7.05. The molecule has 6 nitrogen and oxygen atoms in total. The van der Waals surface area contributed by atoms with Gasteiger partial charge in [-0.2, -0.15) is 5.10 Å². The monoisotopic (exact) mass is 342 g/mol. The van der Waals surface area contributed by atoms with Crippen LogP contribution in [-0.2, 0) is 0 Å². The van der Waals surface area contributed by atoms with Crippen LogP contribution in [0, 0.1) is 5.92 Å². The minimum absolute atomic E-state index is 0.0644. The largest absolute Gasteiger partial charge is 0.477 e. The number of hydrogen-bond donors (Lipinski definition) is 1. The van der Waals surface area contributed by atoms with Crippen LogP contribution < -0.4 is 10.1 Å². The Kier molecular flexibility index (Phi) is 5.68. The van der Waals surface area contributed by atoms with Crippen LogP contribution in [0.4, 0.5) is 0 Å². The van der Waals surface area contributed by atoms with Crippen LogP contribution in [0.2, 0.25) is 0 Å². The van der Waals surface area contributed by atoms with Gasteiger partial charge in [-0.1, -0.05) is 13.8 Å². The van der Waals surface area contributed by atoms with Gasteiger partial charge in [-0.3, -0.25) is 9.48 Å². The molecule has 1 aliphatic rings. The lowest BCUT2D eigenvalue weighted by molar-refractivity contribution is 0.0921. The summed E-state index contributed by atoms with van der Waals surface area (Å²) in [6, 6.07) is 6.15. The molecule has 2 aromatic rings. The number of ether oxygens (including phenoxy) is 1. The Morgan fingerprint density at radius 2 is 2.12 bits per heavy atom. The fourth-order valence-corrected chi connectivity index (χ4v) is 3.10. The molecule has 0 aromatic carbocycles. The smallest absolute Gasteiger partial charge is 0.253 e. The van der Waals surface area contributed by atoms with Crippen LogP contribution in [0.15, 0.2) is 36.8 Å². The molecule has 1 amide bonds. The number of rotatable bonds is 6. The highest BCUT2D eigenvalue weighted by Crippen LogP contribution is 2.27. The third kappa shape index (κ3) is 4.81. The van der Waals surface area contributed by atoms with E-state index >= 15 is 0 Å². The van der Waals surface area contributed by atoms with Gasteiger partial charge in [0.1, 0.15) is 0 Å². The van der Waals surface area contributed by atoms with E-state index in [1.807, 2.05) is 23.1 Å². The minimum Gasteiger partial charge on any atom is -0.477 e. The topological polar surface area (TPSA) is 69.0 Å². The normalized spacial score (nSPS) is 20.4. The Morgan fingerprint density at radius 3 is 2.72 bits per heavy atom. The number of carbonyl (C=O) groups is 1. The summed E-state index contributed by atoms with van der Waals surface area (Å²) in [5, 5.41) is 7.44. The predicted octanol–water partition coefficient (Wildman–Crippen LogP) is 3.23. The van der Waals surface area contributed by atoms with E-state index in [-0.39, 0.29) is 11.9 Å². The molecule has 0 saturated heterocycles. The molecule has 0 unspecified atom stereocenters. The Hall–Kier alpha value is -2.37. The van der Waals surface area contributed by atoms with Gasteiger partial charge in [-0.05, 0) is 43.7 Å². The quantitative estimate of drug-likeness (QED) is 0.875. The molecule has 134 valence electrons. The van der Waals surface area contributed by atoms with Crippen molar-refractivity contribution in [3.8, 4) is 5.88 Å². The first-order valence-electron chi connectivity index (χ1n) is 9.00. The lowest BCUT2D eigenvalue weighted by Crippen LogP contribution is -2.38. The predicted molar refractivity (Wildman–Crippen MR) is 95.6 cm³/mol. The van der Waals surface area contributed by atoms with E-state index in [2.05, 4.69) is 29.2 Å². The van der Waals surface area contributed by atoms with Crippen molar-refractivity contribution in [3.05, 3.63) is 42.4 Å². The summed E-state index contributed by atoms with van der Waals surface area (Å²) in [7, 11) is 0. The summed E-state index contributed by atoms with van der Waals surface area (Å²) < 4.78 is 7.57. The fraction of sp³-hybridized carbons (Fsp3) is 0.526. The highest BCUT2D eigenvalue weighted by molar-refractivity contribution is 5.94. The molecule has 0 aliphatic heterocycles. The van der Waals surface area contributed by atoms with Crippen molar-refractivity contribution in [2.45, 2.75) is 51.6 Å². The molecule has 0 bridgehead atoms. The maximum absolute atomic E-state index is 12.4. The standard InChI is InChI=1S/C19H26N4O2/c1-14(2)13-25-18-9-4-15(12-20-18)19(24)22-16-5-7-17(8-6-16)23-11-3-10-21-23/h3-4,9-12,14,16-17H,5-8,13H2,1-2H3,(H,22,24). The molecule has 1 aliphatic carbocycles. The molecule has 3 rings (SSSR count). The zero-order valence-corrected chi connectivity index (χ0v) is 14.9. The molecule has 0 spiro atoms. The molecular weight excluding hydrogens is 316 g/mol. The number of nitrogens with one attached hydrogen (secondary N) is 1. The van der Waals surface area contributed by atoms with Gasteiger partial charge in [0.25, 0.3) is 5.91 Å². The van der Waals surface area contributed by atoms with Gasteiger partial charge >= 0.3 is 0 Å². The summed E-state index contributed by atoms with van der Waals surface area (Å²) in [6.07, 6.45) is 9.42. The van der Waals surface area contributed by atoms with E-state index in [0.29, 0.717) is 30.0 Å². The second kappa shape index (κ2) is 8.14. The summed E-state index contributed by atoms with van der Waals surface area (Å²) in [5.74, 6) is 0.942. The Balaban J connectivity index is 1.47. The minimum atomic E-state index is -0.0644. The number of nitrogens with zero attached hydrogens (tertiary/aromatic N) is 3. The third-order valence-corrected chi connectivity index (χ3v) is 4.49. The van der Waals surface area contributed by atoms with Crippen LogP contribution in [0.25, 0.3) is 0 Å². The number of hydrogen-bond acceptors (Lipinski definition) is 4. The van der Waals surface area contributed by atoms with Crippen LogP contribution in [0.1, 0.15) is 55.9 Å². The maximum atomic E-state index is 12.4. The molecule has 2 heterocycles. The van der Waals surface area contributed by atoms with E-state index in [4.69, 9.17) is 4.74 Å². The first kappa shape index (κ1) is 17.5. The van der Waals surface area contributed by atoms with Gasteiger partial charge in [0.15, 0.2) is 0 Å². The Morgan fingerprint density at radius 1 is 1.32 bits per heavy atom. The summed E-state index contributed by atoms with van der Waals surface area (Å²) in [4.78, 5) is 16.6. The molecule has 2 aromatic heterocycles. The summed E-state index contributed by atoms with van der Waals surface area (Å²) in [6.45, 7) is 4.80. The van der Waals surface area contributed by atoms with E-state index in [1.54, 1.807) is 18.3 Å². The molecule has 6 heteroatoms. The molecule has 25 heavy (non-hydrogen) atoms. The van der Waals surface area contributed by atoms with Gasteiger partial charge in [-0.25, -0.2) is 4.98 Å². The van der Waals surface area contributed by atoms with Crippen molar-refractivity contribution in [2.75, 3.05) is 6.61 Å². The first-order valence-corrected chi connectivity index (χ1v) is 9.00. The average Bonchev–Trinajstić information content (AvgIpc) is 3.15. The number of amides is 1. The van der Waals surface area contributed by atoms with Crippen LogP contribution in [-0.4, -0.2) is 33.3 Å². The number of aromatic nitrogens is 3. The van der Waals surface area contributed by atoms with E-state index in [1.165, 1.54) is 0 Å². The molecule has 1 saturated carbocycles. The van der Waals surface area contributed by atoms with Crippen molar-refractivity contribution in [1.82, 2.24) is 20.1 Å². The van der Waals surface area contributed by atoms with Crippen LogP contribution >= 0.6 is 0 Å². The lowest BCUT2D eigenvalue weighted by Gasteiger charge is -2.29. The summed E-state index contributed by atoms with van der Waals surface area (Å²) in [5.41, 5.74) is 0.575. The van der Waals surface area contributed by atoms with Crippen molar-refractivity contribution in [2.24, 2.45) is 5.92 Å². The van der Waals surface area contributed by atoms with Gasteiger partial charge in [0.2, 0.25) is 5.88 Å². The van der Waals surface area contributed by atoms with Gasteiger partial charge in [0, 0.05) is 30.7 Å². The highest BCUT2D eigenvalue weighted by atomic mass is 16.5. The van der Waals surface area contributed by atoms with E-state index in [9.17, 15) is 4.79 Å². The molecule has 0 radical (unpaired) electrons. The van der Waals surface area contributed by atoms with Crippen molar-refractivity contribution >= 4 is 5.91 Å². The lowest BCUT2D eigenvalue weighted by atomic mass is 9.91. The molecule has 1 N–H and O–H groups in total. The highest BCUT2D eigenvalue weighted by Gasteiger charge is 2.24. The molecular formula is C19H26N4O2. The van der Waals surface area contributed by atoms with Gasteiger partial charge in [0.05, 0.1) is 18.2 Å². The van der Waals surface area contributed by atoms with Crippen molar-refractivity contribution in [1.29, 1.82) is 0 Å². The maximum Gasteiger partial charge on any atom is 0.253 e. The molecule has 0 atom stereocenters. The zero-order chi connectivity index (χ0) is 17.6. The molecule has 1 fully saturated rings. The fourth-order valence-electron chi connectivity index (χ4n) is 3.10. The second-order valence-corrected chi connectivity index (χ2v) is 7.05. The SMILES string of the molecule is CC(C)COc1ccc(C(=O)NC2CCC(n3cccn3)CC2)cn1. The Bertz CT molecular complexity index is 659. The van der Waals surface area contributed by atoms with Crippen LogP contribution in [0.3, 0.4) is 0 Å². The van der Waals surface area contributed by atoms with Gasteiger partial charge < -0.3 is 10.1 Å². The summed E-state index contributed by atoms with van der Waals surface area (Å²) >= 11 is 0. The zero-order valence-electron chi connectivity index (χ0n) is 14.9. The van der Waals surface area contributed by atoms with Crippen LogP contribution in [0.5, 0.6) is 5.88 Å². The van der Waals surface area contributed by atoms with Crippen molar-refractivity contribution < 1.29 is 9.53 Å².